The highest BCUT2D eigenvalue weighted by atomic mass is 19.4. The van der Waals surface area contributed by atoms with E-state index in [2.05, 4.69) is 10.6 Å². The molecule has 0 radical (unpaired) electrons. The van der Waals surface area contributed by atoms with Crippen molar-refractivity contribution in [3.63, 3.8) is 0 Å². The average Bonchev–Trinajstić information content (AvgIpc) is 2.91. The summed E-state index contributed by atoms with van der Waals surface area (Å²) in [5.74, 6) is -2.08. The van der Waals surface area contributed by atoms with Crippen LogP contribution in [0.15, 0.2) is 24.3 Å². The van der Waals surface area contributed by atoms with Crippen LogP contribution in [0, 0.1) is 0 Å². The molecule has 0 atom stereocenters. The summed E-state index contributed by atoms with van der Waals surface area (Å²) in [4.78, 5) is 23.4. The molecule has 8 heteroatoms. The Morgan fingerprint density at radius 1 is 1.17 bits per heavy atom. The maximum absolute atomic E-state index is 12.6. The molecule has 3 N–H and O–H groups in total. The lowest BCUT2D eigenvalue weighted by atomic mass is 10.0. The molecule has 0 spiro atoms. The van der Waals surface area contributed by atoms with Gasteiger partial charge >= 0.3 is 18.0 Å². The lowest BCUT2D eigenvalue weighted by Crippen LogP contribution is -2.44. The first-order chi connectivity index (χ1) is 10.7. The van der Waals surface area contributed by atoms with Crippen LogP contribution in [0.2, 0.25) is 0 Å². The number of hydrogen-bond acceptors (Lipinski definition) is 3. The number of nitrogens with one attached hydrogen (secondary N) is 2. The van der Waals surface area contributed by atoms with Gasteiger partial charge in [0.05, 0.1) is 11.2 Å². The summed E-state index contributed by atoms with van der Waals surface area (Å²) >= 11 is 0. The van der Waals surface area contributed by atoms with Gasteiger partial charge in [-0.15, -0.1) is 0 Å². The first-order valence-corrected chi connectivity index (χ1v) is 7.18. The van der Waals surface area contributed by atoms with E-state index >= 15 is 0 Å². The summed E-state index contributed by atoms with van der Waals surface area (Å²) in [6.07, 6.45) is -1.74. The molecule has 1 aromatic rings. The van der Waals surface area contributed by atoms with E-state index < -0.39 is 29.2 Å². The summed E-state index contributed by atoms with van der Waals surface area (Å²) in [5, 5.41) is 14.5. The van der Waals surface area contributed by atoms with Gasteiger partial charge < -0.3 is 15.7 Å². The van der Waals surface area contributed by atoms with Gasteiger partial charge in [-0.25, -0.2) is 0 Å². The second kappa shape index (κ2) is 6.57. The van der Waals surface area contributed by atoms with E-state index in [1.54, 1.807) is 0 Å². The van der Waals surface area contributed by atoms with Crippen molar-refractivity contribution in [2.24, 2.45) is 0 Å². The number of hydrogen-bond donors (Lipinski definition) is 3. The van der Waals surface area contributed by atoms with E-state index in [0.717, 1.165) is 31.0 Å². The van der Waals surface area contributed by atoms with Crippen LogP contribution in [0.3, 0.4) is 0 Å². The molecule has 0 aromatic heterocycles. The van der Waals surface area contributed by atoms with Gasteiger partial charge in [0.2, 0.25) is 0 Å². The lowest BCUT2D eigenvalue weighted by Gasteiger charge is -2.22. The minimum absolute atomic E-state index is 0.0537. The number of aliphatic hydroxyl groups is 1. The van der Waals surface area contributed by atoms with Crippen molar-refractivity contribution < 1.29 is 27.9 Å². The van der Waals surface area contributed by atoms with Crippen LogP contribution in [-0.2, 0) is 15.8 Å². The third-order valence-corrected chi connectivity index (χ3v) is 3.77. The zero-order valence-corrected chi connectivity index (χ0v) is 12.2. The number of rotatable bonds is 3. The zero-order valence-electron chi connectivity index (χ0n) is 12.2. The van der Waals surface area contributed by atoms with Gasteiger partial charge in [0.1, 0.15) is 0 Å². The number of amides is 2. The molecule has 0 heterocycles. The van der Waals surface area contributed by atoms with Gasteiger partial charge in [-0.05, 0) is 31.0 Å². The Bertz CT molecular complexity index is 596. The molecule has 0 saturated heterocycles. The molecule has 126 valence electrons. The number of anilines is 1. The van der Waals surface area contributed by atoms with Crippen molar-refractivity contribution >= 4 is 17.5 Å². The van der Waals surface area contributed by atoms with Gasteiger partial charge in [0, 0.05) is 12.2 Å². The average molecular weight is 330 g/mol. The third kappa shape index (κ3) is 4.69. The van der Waals surface area contributed by atoms with E-state index in [1.807, 2.05) is 0 Å². The van der Waals surface area contributed by atoms with Gasteiger partial charge in [0.15, 0.2) is 0 Å². The maximum atomic E-state index is 12.6. The van der Waals surface area contributed by atoms with Crippen LogP contribution < -0.4 is 10.6 Å². The Morgan fingerprint density at radius 2 is 1.83 bits per heavy atom. The van der Waals surface area contributed by atoms with Crippen molar-refractivity contribution in [2.75, 3.05) is 11.9 Å². The normalized spacial score (nSPS) is 16.9. The van der Waals surface area contributed by atoms with E-state index in [9.17, 15) is 27.9 Å². The van der Waals surface area contributed by atoms with Crippen LogP contribution in [0.5, 0.6) is 0 Å². The number of carbonyl (C=O) groups is 2. The fraction of sp³-hybridized carbons (Fsp3) is 0.467. The first kappa shape index (κ1) is 17.3. The van der Waals surface area contributed by atoms with E-state index in [1.165, 1.54) is 6.07 Å². The third-order valence-electron chi connectivity index (χ3n) is 3.77. The Kier molecular flexibility index (Phi) is 4.93. The molecule has 0 bridgehead atoms. The number of carbonyl (C=O) groups excluding carboxylic acids is 2. The molecule has 0 aliphatic heterocycles. The Labute approximate surface area is 130 Å². The van der Waals surface area contributed by atoms with Gasteiger partial charge in [-0.2, -0.15) is 13.2 Å². The fourth-order valence-corrected chi connectivity index (χ4v) is 2.50. The van der Waals surface area contributed by atoms with Crippen molar-refractivity contribution in [3.05, 3.63) is 29.8 Å². The molecule has 1 aliphatic rings. The summed E-state index contributed by atoms with van der Waals surface area (Å²) < 4.78 is 37.7. The summed E-state index contributed by atoms with van der Waals surface area (Å²) in [5.41, 5.74) is -2.05. The molecule has 5 nitrogen and oxygen atoms in total. The topological polar surface area (TPSA) is 78.4 Å². The van der Waals surface area contributed by atoms with Crippen molar-refractivity contribution in [2.45, 2.75) is 37.5 Å². The minimum atomic E-state index is -4.53. The highest BCUT2D eigenvalue weighted by molar-refractivity contribution is 6.39. The Morgan fingerprint density at radius 3 is 2.43 bits per heavy atom. The van der Waals surface area contributed by atoms with E-state index in [4.69, 9.17) is 0 Å². The molecule has 1 aliphatic carbocycles. The van der Waals surface area contributed by atoms with Crippen LogP contribution in [-0.4, -0.2) is 29.1 Å². The van der Waals surface area contributed by atoms with Crippen LogP contribution >= 0.6 is 0 Å². The molecule has 1 saturated carbocycles. The molecule has 2 amide bonds. The largest absolute Gasteiger partial charge is 0.416 e. The SMILES string of the molecule is O=C(NCC1(O)CCCC1)C(=O)Nc1cccc(C(F)(F)F)c1. The van der Waals surface area contributed by atoms with Gasteiger partial charge in [-0.3, -0.25) is 9.59 Å². The maximum Gasteiger partial charge on any atom is 0.416 e. The minimum Gasteiger partial charge on any atom is -0.388 e. The first-order valence-electron chi connectivity index (χ1n) is 7.18. The predicted molar refractivity (Wildman–Crippen MR) is 76.5 cm³/mol. The van der Waals surface area contributed by atoms with Crippen molar-refractivity contribution in [3.8, 4) is 0 Å². The van der Waals surface area contributed by atoms with Crippen LogP contribution in [0.4, 0.5) is 18.9 Å². The smallest absolute Gasteiger partial charge is 0.388 e. The predicted octanol–water partition coefficient (Wildman–Crippen LogP) is 2.07. The fourth-order valence-electron chi connectivity index (χ4n) is 2.50. The van der Waals surface area contributed by atoms with Gasteiger partial charge in [-0.1, -0.05) is 18.9 Å². The lowest BCUT2D eigenvalue weighted by molar-refractivity contribution is -0.137. The monoisotopic (exact) mass is 330 g/mol. The molecule has 1 aromatic carbocycles. The quantitative estimate of drug-likeness (QED) is 0.743. The molecule has 23 heavy (non-hydrogen) atoms. The second-order valence-electron chi connectivity index (χ2n) is 5.65. The highest BCUT2D eigenvalue weighted by Gasteiger charge is 2.32. The summed E-state index contributed by atoms with van der Waals surface area (Å²) in [7, 11) is 0. The molecule has 1 fully saturated rings. The number of benzene rings is 1. The molecular weight excluding hydrogens is 313 g/mol. The summed E-state index contributed by atoms with van der Waals surface area (Å²) in [6, 6.07) is 4.00. The second-order valence-corrected chi connectivity index (χ2v) is 5.65. The molecule has 2 rings (SSSR count). The Balaban J connectivity index is 1.92. The van der Waals surface area contributed by atoms with Crippen molar-refractivity contribution in [1.82, 2.24) is 5.32 Å². The highest BCUT2D eigenvalue weighted by Crippen LogP contribution is 2.30. The zero-order chi connectivity index (χ0) is 17.1. The van der Waals surface area contributed by atoms with E-state index in [-0.39, 0.29) is 12.2 Å². The van der Waals surface area contributed by atoms with Crippen molar-refractivity contribution in [1.29, 1.82) is 0 Å². The summed E-state index contributed by atoms with van der Waals surface area (Å²) in [6.45, 7) is -0.0537. The van der Waals surface area contributed by atoms with E-state index in [0.29, 0.717) is 12.8 Å². The standard InChI is InChI=1S/C15H17F3N2O3/c16-15(17,18)10-4-3-5-11(8-10)20-13(22)12(21)19-9-14(23)6-1-2-7-14/h3-5,8,23H,1-2,6-7,9H2,(H,19,21)(H,20,22). The molecular formula is C15H17F3N2O3. The van der Waals surface area contributed by atoms with Crippen LogP contribution in [0.25, 0.3) is 0 Å². The molecule has 0 unspecified atom stereocenters. The Hall–Kier alpha value is -2.09. The van der Waals surface area contributed by atoms with Gasteiger partial charge in [0.25, 0.3) is 0 Å². The number of halogens is 3. The van der Waals surface area contributed by atoms with Crippen LogP contribution in [0.1, 0.15) is 31.2 Å². The number of alkyl halides is 3.